The van der Waals surface area contributed by atoms with Crippen molar-refractivity contribution >= 4 is 11.9 Å². The van der Waals surface area contributed by atoms with Gasteiger partial charge in [0.1, 0.15) is 11.9 Å². The molecule has 0 saturated carbocycles. The summed E-state index contributed by atoms with van der Waals surface area (Å²) in [4.78, 5) is 22.9. The number of aliphatic carboxylic acids is 1. The second-order valence-corrected chi connectivity index (χ2v) is 5.00. The lowest BCUT2D eigenvalue weighted by Crippen LogP contribution is -2.37. The molecule has 3 atom stereocenters. The van der Waals surface area contributed by atoms with Crippen molar-refractivity contribution in [3.8, 4) is 0 Å². The molecule has 0 radical (unpaired) electrons. The van der Waals surface area contributed by atoms with E-state index in [0.29, 0.717) is 18.6 Å². The third-order valence-electron chi connectivity index (χ3n) is 3.47. The lowest BCUT2D eigenvalue weighted by Gasteiger charge is -2.17. The molecule has 1 unspecified atom stereocenters. The summed E-state index contributed by atoms with van der Waals surface area (Å²) >= 11 is 0. The van der Waals surface area contributed by atoms with E-state index < -0.39 is 18.2 Å². The SMILES string of the molecule is Cc1noc(C)c1C(C)NC(=O)[C@@H]1CC[C@H](C(=O)O)O1. The molecule has 1 saturated heterocycles. The Hall–Kier alpha value is -1.89. The van der Waals surface area contributed by atoms with Crippen LogP contribution in [-0.4, -0.2) is 34.3 Å². The largest absolute Gasteiger partial charge is 0.479 e. The number of amides is 1. The fourth-order valence-electron chi connectivity index (χ4n) is 2.50. The average Bonchev–Trinajstić information content (AvgIpc) is 2.96. The molecule has 20 heavy (non-hydrogen) atoms. The third-order valence-corrected chi connectivity index (χ3v) is 3.47. The second kappa shape index (κ2) is 5.62. The number of nitrogens with zero attached hydrogens (tertiary/aromatic N) is 1. The molecular weight excluding hydrogens is 264 g/mol. The van der Waals surface area contributed by atoms with E-state index in [0.717, 1.165) is 11.3 Å². The molecular formula is C13H18N2O5. The number of carboxylic acid groups (broad SMARTS) is 1. The van der Waals surface area contributed by atoms with E-state index in [-0.39, 0.29) is 11.9 Å². The van der Waals surface area contributed by atoms with Crippen molar-refractivity contribution < 1.29 is 24.0 Å². The number of hydrogen-bond donors (Lipinski definition) is 2. The first-order chi connectivity index (χ1) is 9.40. The Labute approximate surface area is 116 Å². The number of nitrogens with one attached hydrogen (secondary N) is 1. The summed E-state index contributed by atoms with van der Waals surface area (Å²) < 4.78 is 10.3. The van der Waals surface area contributed by atoms with Crippen LogP contribution >= 0.6 is 0 Å². The molecule has 110 valence electrons. The Morgan fingerprint density at radius 1 is 1.35 bits per heavy atom. The first kappa shape index (κ1) is 14.5. The standard InChI is InChI=1S/C13H18N2O5/c1-6(11-7(2)15-20-8(11)3)14-12(16)9-4-5-10(19-9)13(17)18/h6,9-10H,4-5H2,1-3H3,(H,14,16)(H,17,18)/t6?,9-,10+/m0/s1. The predicted octanol–water partition coefficient (Wildman–Crippen LogP) is 1.10. The number of carbonyl (C=O) groups excluding carboxylic acids is 1. The quantitative estimate of drug-likeness (QED) is 0.857. The predicted molar refractivity (Wildman–Crippen MR) is 68.1 cm³/mol. The van der Waals surface area contributed by atoms with Crippen LogP contribution in [0.3, 0.4) is 0 Å². The molecule has 7 heteroatoms. The highest BCUT2D eigenvalue weighted by atomic mass is 16.5. The molecule has 1 aliphatic rings. The smallest absolute Gasteiger partial charge is 0.332 e. The van der Waals surface area contributed by atoms with E-state index in [9.17, 15) is 9.59 Å². The zero-order valence-corrected chi connectivity index (χ0v) is 11.7. The van der Waals surface area contributed by atoms with Crippen LogP contribution in [0.1, 0.15) is 42.8 Å². The zero-order chi connectivity index (χ0) is 14.9. The molecule has 1 fully saturated rings. The molecule has 0 bridgehead atoms. The van der Waals surface area contributed by atoms with Gasteiger partial charge in [0.2, 0.25) is 5.91 Å². The summed E-state index contributed by atoms with van der Waals surface area (Å²) in [7, 11) is 0. The topological polar surface area (TPSA) is 102 Å². The molecule has 2 rings (SSSR count). The van der Waals surface area contributed by atoms with Gasteiger partial charge in [-0.15, -0.1) is 0 Å². The Kier molecular flexibility index (Phi) is 4.08. The molecule has 1 aliphatic heterocycles. The number of rotatable bonds is 4. The van der Waals surface area contributed by atoms with Crippen molar-refractivity contribution in [2.75, 3.05) is 0 Å². The maximum atomic E-state index is 12.1. The molecule has 0 spiro atoms. The van der Waals surface area contributed by atoms with Crippen LogP contribution in [0.2, 0.25) is 0 Å². The highest BCUT2D eigenvalue weighted by molar-refractivity contribution is 5.83. The summed E-state index contributed by atoms with van der Waals surface area (Å²) in [6, 6.07) is -0.263. The zero-order valence-electron chi connectivity index (χ0n) is 11.7. The lowest BCUT2D eigenvalue weighted by atomic mass is 10.1. The van der Waals surface area contributed by atoms with Crippen molar-refractivity contribution in [2.45, 2.75) is 51.9 Å². The van der Waals surface area contributed by atoms with Crippen molar-refractivity contribution in [3.63, 3.8) is 0 Å². The number of aryl methyl sites for hydroxylation is 2. The minimum absolute atomic E-state index is 0.263. The highest BCUT2D eigenvalue weighted by Gasteiger charge is 2.35. The van der Waals surface area contributed by atoms with Gasteiger partial charge in [-0.1, -0.05) is 5.16 Å². The van der Waals surface area contributed by atoms with E-state index in [1.165, 1.54) is 0 Å². The number of aromatic nitrogens is 1. The average molecular weight is 282 g/mol. The van der Waals surface area contributed by atoms with Gasteiger partial charge >= 0.3 is 5.97 Å². The van der Waals surface area contributed by atoms with Gasteiger partial charge in [-0.2, -0.15) is 0 Å². The van der Waals surface area contributed by atoms with E-state index >= 15 is 0 Å². The highest BCUT2D eigenvalue weighted by Crippen LogP contribution is 2.23. The first-order valence-corrected chi connectivity index (χ1v) is 6.51. The van der Waals surface area contributed by atoms with Crippen LogP contribution in [0.4, 0.5) is 0 Å². The third kappa shape index (κ3) is 2.82. The van der Waals surface area contributed by atoms with Gasteiger partial charge in [-0.3, -0.25) is 4.79 Å². The normalized spacial score (nSPS) is 23.6. The van der Waals surface area contributed by atoms with Crippen LogP contribution in [-0.2, 0) is 14.3 Å². The Morgan fingerprint density at radius 3 is 2.50 bits per heavy atom. The van der Waals surface area contributed by atoms with E-state index in [4.69, 9.17) is 14.4 Å². The Balaban J connectivity index is 1.97. The van der Waals surface area contributed by atoms with E-state index in [1.54, 1.807) is 13.8 Å². The van der Waals surface area contributed by atoms with Crippen molar-refractivity contribution in [2.24, 2.45) is 0 Å². The fourth-order valence-corrected chi connectivity index (χ4v) is 2.50. The summed E-state index contributed by atoms with van der Waals surface area (Å²) in [5, 5.41) is 15.5. The maximum Gasteiger partial charge on any atom is 0.332 e. The summed E-state index contributed by atoms with van der Waals surface area (Å²) in [6.45, 7) is 5.42. The van der Waals surface area contributed by atoms with E-state index in [2.05, 4.69) is 10.5 Å². The summed E-state index contributed by atoms with van der Waals surface area (Å²) in [6.07, 6.45) is -0.830. The first-order valence-electron chi connectivity index (χ1n) is 6.51. The monoisotopic (exact) mass is 282 g/mol. The molecule has 2 N–H and O–H groups in total. The second-order valence-electron chi connectivity index (χ2n) is 5.00. The molecule has 2 heterocycles. The molecule has 1 amide bonds. The van der Waals surface area contributed by atoms with Crippen LogP contribution in [0.5, 0.6) is 0 Å². The van der Waals surface area contributed by atoms with Gasteiger partial charge in [-0.05, 0) is 33.6 Å². The number of carbonyl (C=O) groups is 2. The van der Waals surface area contributed by atoms with Crippen LogP contribution < -0.4 is 5.32 Å². The van der Waals surface area contributed by atoms with Gasteiger partial charge in [0, 0.05) is 5.56 Å². The Morgan fingerprint density at radius 2 is 2.00 bits per heavy atom. The van der Waals surface area contributed by atoms with Crippen LogP contribution in [0.25, 0.3) is 0 Å². The van der Waals surface area contributed by atoms with Gasteiger partial charge in [0.25, 0.3) is 0 Å². The van der Waals surface area contributed by atoms with Crippen LogP contribution in [0, 0.1) is 13.8 Å². The maximum absolute atomic E-state index is 12.1. The van der Waals surface area contributed by atoms with Crippen molar-refractivity contribution in [3.05, 3.63) is 17.0 Å². The van der Waals surface area contributed by atoms with E-state index in [1.807, 2.05) is 6.92 Å². The Bertz CT molecular complexity index is 505. The summed E-state index contributed by atoms with van der Waals surface area (Å²) in [5.74, 6) is -0.675. The minimum atomic E-state index is -1.03. The molecule has 0 aliphatic carbocycles. The van der Waals surface area contributed by atoms with Crippen molar-refractivity contribution in [1.29, 1.82) is 0 Å². The molecule has 0 aromatic carbocycles. The summed E-state index contributed by atoms with van der Waals surface area (Å²) in [5.41, 5.74) is 1.57. The number of ether oxygens (including phenoxy) is 1. The van der Waals surface area contributed by atoms with Gasteiger partial charge < -0.3 is 19.7 Å². The molecule has 7 nitrogen and oxygen atoms in total. The van der Waals surface area contributed by atoms with Crippen LogP contribution in [0.15, 0.2) is 4.52 Å². The number of hydrogen-bond acceptors (Lipinski definition) is 5. The molecule has 1 aromatic rings. The number of carboxylic acids is 1. The fraction of sp³-hybridized carbons (Fsp3) is 0.615. The van der Waals surface area contributed by atoms with Gasteiger partial charge in [0.15, 0.2) is 6.10 Å². The van der Waals surface area contributed by atoms with Gasteiger partial charge in [-0.25, -0.2) is 4.79 Å². The van der Waals surface area contributed by atoms with Crippen molar-refractivity contribution in [1.82, 2.24) is 10.5 Å². The molecule has 1 aromatic heterocycles. The van der Waals surface area contributed by atoms with Gasteiger partial charge in [0.05, 0.1) is 11.7 Å². The lowest BCUT2D eigenvalue weighted by molar-refractivity contribution is -0.151. The minimum Gasteiger partial charge on any atom is -0.479 e.